The molecular weight excluding hydrogens is 299 g/mol. The number of ether oxygens (including phenoxy) is 1. The molecule has 2 aromatic carbocycles. The number of nitrogens with one attached hydrogen (secondary N) is 2. The van der Waals surface area contributed by atoms with Gasteiger partial charge in [-0.05, 0) is 48.0 Å². The van der Waals surface area contributed by atoms with Crippen LogP contribution in [0, 0.1) is 5.82 Å². The average Bonchev–Trinajstić information content (AvgIpc) is 2.59. The van der Waals surface area contributed by atoms with E-state index in [2.05, 4.69) is 10.9 Å². The predicted molar refractivity (Wildman–Crippen MR) is 84.0 cm³/mol. The molecule has 0 unspecified atom stereocenters. The van der Waals surface area contributed by atoms with E-state index >= 15 is 0 Å². The van der Waals surface area contributed by atoms with Crippen LogP contribution in [0.1, 0.15) is 15.9 Å². The number of rotatable bonds is 4. The summed E-state index contributed by atoms with van der Waals surface area (Å²) >= 11 is 0. The first-order chi connectivity index (χ1) is 11.1. The highest BCUT2D eigenvalue weighted by Crippen LogP contribution is 2.12. The first-order valence-corrected chi connectivity index (χ1v) is 6.76. The van der Waals surface area contributed by atoms with E-state index in [4.69, 9.17) is 4.74 Å². The largest absolute Gasteiger partial charge is 0.497 e. The van der Waals surface area contributed by atoms with Crippen molar-refractivity contribution in [2.24, 2.45) is 0 Å². The quantitative estimate of drug-likeness (QED) is 0.672. The van der Waals surface area contributed by atoms with Gasteiger partial charge in [0.2, 0.25) is 0 Å². The zero-order valence-electron chi connectivity index (χ0n) is 12.4. The van der Waals surface area contributed by atoms with Gasteiger partial charge in [0.1, 0.15) is 11.6 Å². The Morgan fingerprint density at radius 2 is 1.65 bits per heavy atom. The van der Waals surface area contributed by atoms with Gasteiger partial charge in [-0.2, -0.15) is 0 Å². The molecule has 2 amide bonds. The Morgan fingerprint density at radius 3 is 2.26 bits per heavy atom. The molecule has 0 spiro atoms. The van der Waals surface area contributed by atoms with Gasteiger partial charge in [-0.3, -0.25) is 20.4 Å². The number of hydrogen-bond acceptors (Lipinski definition) is 3. The lowest BCUT2D eigenvalue weighted by atomic mass is 10.2. The molecular formula is C17H15FN2O3. The van der Waals surface area contributed by atoms with Gasteiger partial charge < -0.3 is 4.74 Å². The fourth-order valence-electron chi connectivity index (χ4n) is 1.72. The van der Waals surface area contributed by atoms with Gasteiger partial charge in [0, 0.05) is 11.6 Å². The van der Waals surface area contributed by atoms with Crippen molar-refractivity contribution < 1.29 is 18.7 Å². The van der Waals surface area contributed by atoms with Crippen LogP contribution < -0.4 is 15.6 Å². The van der Waals surface area contributed by atoms with Crippen LogP contribution in [0.5, 0.6) is 5.75 Å². The molecule has 0 fully saturated rings. The number of hydrogen-bond donors (Lipinski definition) is 2. The second-order valence-electron chi connectivity index (χ2n) is 4.56. The summed E-state index contributed by atoms with van der Waals surface area (Å²) in [6, 6.07) is 12.1. The van der Waals surface area contributed by atoms with Crippen LogP contribution in [-0.2, 0) is 4.79 Å². The molecule has 0 aliphatic rings. The van der Waals surface area contributed by atoms with Gasteiger partial charge in [0.15, 0.2) is 0 Å². The second kappa shape index (κ2) is 7.74. The second-order valence-corrected chi connectivity index (χ2v) is 4.56. The van der Waals surface area contributed by atoms with Gasteiger partial charge >= 0.3 is 0 Å². The highest BCUT2D eigenvalue weighted by molar-refractivity contribution is 5.97. The van der Waals surface area contributed by atoms with Crippen molar-refractivity contribution in [3.8, 4) is 5.75 Å². The minimum Gasteiger partial charge on any atom is -0.497 e. The van der Waals surface area contributed by atoms with Gasteiger partial charge in [-0.1, -0.05) is 12.1 Å². The van der Waals surface area contributed by atoms with Crippen molar-refractivity contribution in [1.29, 1.82) is 0 Å². The van der Waals surface area contributed by atoms with E-state index < -0.39 is 17.6 Å². The molecule has 0 bridgehead atoms. The zero-order valence-corrected chi connectivity index (χ0v) is 12.4. The van der Waals surface area contributed by atoms with E-state index in [9.17, 15) is 14.0 Å². The van der Waals surface area contributed by atoms with E-state index in [1.165, 1.54) is 30.3 Å². The summed E-state index contributed by atoms with van der Waals surface area (Å²) in [5, 5.41) is 0. The first kappa shape index (κ1) is 16.2. The number of methoxy groups -OCH3 is 1. The van der Waals surface area contributed by atoms with Crippen LogP contribution in [0.3, 0.4) is 0 Å². The third-order valence-corrected chi connectivity index (χ3v) is 2.95. The predicted octanol–water partition coefficient (Wildman–Crippen LogP) is 2.31. The number of carbonyl (C=O) groups is 2. The van der Waals surface area contributed by atoms with Crippen molar-refractivity contribution in [2.45, 2.75) is 0 Å². The van der Waals surface area contributed by atoms with Crippen LogP contribution in [0.2, 0.25) is 0 Å². The standard InChI is InChI=1S/C17H15FN2O3/c1-23-15-9-2-12(3-10-15)4-11-16(21)19-20-17(22)13-5-7-14(18)8-6-13/h2-11H,1H3,(H,19,21)(H,20,22)/b11-4+. The van der Waals surface area contributed by atoms with E-state index in [0.29, 0.717) is 0 Å². The molecule has 0 saturated carbocycles. The SMILES string of the molecule is COc1ccc(/C=C/C(=O)NNC(=O)c2ccc(F)cc2)cc1. The van der Waals surface area contributed by atoms with Gasteiger partial charge in [0.05, 0.1) is 7.11 Å². The molecule has 0 saturated heterocycles. The fourth-order valence-corrected chi connectivity index (χ4v) is 1.72. The molecule has 5 nitrogen and oxygen atoms in total. The fraction of sp³-hybridized carbons (Fsp3) is 0.0588. The van der Waals surface area contributed by atoms with E-state index in [1.54, 1.807) is 37.5 Å². The summed E-state index contributed by atoms with van der Waals surface area (Å²) in [5.74, 6) is -0.737. The zero-order chi connectivity index (χ0) is 16.7. The maximum absolute atomic E-state index is 12.8. The molecule has 0 aromatic heterocycles. The summed E-state index contributed by atoms with van der Waals surface area (Å²) in [7, 11) is 1.57. The van der Waals surface area contributed by atoms with Gasteiger partial charge in [-0.25, -0.2) is 4.39 Å². The van der Waals surface area contributed by atoms with Gasteiger partial charge in [-0.15, -0.1) is 0 Å². The molecule has 0 aliphatic carbocycles. The number of amides is 2. The Labute approximate surface area is 132 Å². The first-order valence-electron chi connectivity index (χ1n) is 6.76. The van der Waals surface area contributed by atoms with Crippen molar-refractivity contribution in [1.82, 2.24) is 10.9 Å². The molecule has 6 heteroatoms. The van der Waals surface area contributed by atoms with Crippen molar-refractivity contribution >= 4 is 17.9 Å². The van der Waals surface area contributed by atoms with E-state index in [1.807, 2.05) is 0 Å². The van der Waals surface area contributed by atoms with Crippen LogP contribution in [0.15, 0.2) is 54.6 Å². The van der Waals surface area contributed by atoms with Crippen LogP contribution in [-0.4, -0.2) is 18.9 Å². The minimum atomic E-state index is -0.531. The highest BCUT2D eigenvalue weighted by Gasteiger charge is 2.05. The Balaban J connectivity index is 1.85. The minimum absolute atomic E-state index is 0.242. The summed E-state index contributed by atoms with van der Waals surface area (Å²) < 4.78 is 17.8. The monoisotopic (exact) mass is 314 g/mol. The Kier molecular flexibility index (Phi) is 5.46. The van der Waals surface area contributed by atoms with E-state index in [-0.39, 0.29) is 5.56 Å². The topological polar surface area (TPSA) is 67.4 Å². The number of hydrazine groups is 1. The van der Waals surface area contributed by atoms with Crippen LogP contribution >= 0.6 is 0 Å². The van der Waals surface area contributed by atoms with E-state index in [0.717, 1.165) is 11.3 Å². The Bertz CT molecular complexity index is 710. The molecule has 0 heterocycles. The normalized spacial score (nSPS) is 10.3. The molecule has 2 rings (SSSR count). The Morgan fingerprint density at radius 1 is 1.00 bits per heavy atom. The molecule has 2 N–H and O–H groups in total. The molecule has 0 radical (unpaired) electrons. The summed E-state index contributed by atoms with van der Waals surface area (Å²) in [6.45, 7) is 0. The number of benzene rings is 2. The molecule has 118 valence electrons. The molecule has 23 heavy (non-hydrogen) atoms. The lowest BCUT2D eigenvalue weighted by Gasteiger charge is -2.05. The molecule has 0 aliphatic heterocycles. The lowest BCUT2D eigenvalue weighted by molar-refractivity contribution is -0.117. The maximum Gasteiger partial charge on any atom is 0.269 e. The highest BCUT2D eigenvalue weighted by atomic mass is 19.1. The maximum atomic E-state index is 12.8. The van der Waals surface area contributed by atoms with Crippen LogP contribution in [0.25, 0.3) is 6.08 Å². The third kappa shape index (κ3) is 4.96. The third-order valence-electron chi connectivity index (χ3n) is 2.95. The molecule has 2 aromatic rings. The number of carbonyl (C=O) groups excluding carboxylic acids is 2. The number of halogens is 1. The van der Waals surface area contributed by atoms with Crippen LogP contribution in [0.4, 0.5) is 4.39 Å². The van der Waals surface area contributed by atoms with Crippen molar-refractivity contribution in [3.63, 3.8) is 0 Å². The lowest BCUT2D eigenvalue weighted by Crippen LogP contribution is -2.40. The summed E-state index contributed by atoms with van der Waals surface area (Å²) in [6.07, 6.45) is 2.88. The average molecular weight is 314 g/mol. The van der Waals surface area contributed by atoms with Gasteiger partial charge in [0.25, 0.3) is 11.8 Å². The molecule has 0 atom stereocenters. The summed E-state index contributed by atoms with van der Waals surface area (Å²) in [4.78, 5) is 23.4. The van der Waals surface area contributed by atoms with Crippen molar-refractivity contribution in [3.05, 3.63) is 71.6 Å². The smallest absolute Gasteiger partial charge is 0.269 e. The van der Waals surface area contributed by atoms with Crippen molar-refractivity contribution in [2.75, 3.05) is 7.11 Å². The summed E-state index contributed by atoms with van der Waals surface area (Å²) in [5.41, 5.74) is 5.54. The Hall–Kier alpha value is -3.15.